The standard InChI is InChI=1S/C21H30F3NO2.C2H2O4/c1-19(2)15-20(9-12-27-19,8-10-25-14-18-7-4-11-26-18)16-5-3-6-17(13-16)21(22,23)24;3-1(4)2(5)6/h3,5-6,13,18,25H,4,7-12,14-15H2,1-2H3;(H,3,4)(H,5,6). The van der Waals surface area contributed by atoms with E-state index in [4.69, 9.17) is 29.3 Å². The van der Waals surface area contributed by atoms with Crippen LogP contribution in [0.1, 0.15) is 57.1 Å². The highest BCUT2D eigenvalue weighted by molar-refractivity contribution is 6.27. The number of carboxylic acids is 2. The lowest BCUT2D eigenvalue weighted by Crippen LogP contribution is -2.45. The average molecular weight is 476 g/mol. The first-order chi connectivity index (χ1) is 15.3. The van der Waals surface area contributed by atoms with Crippen LogP contribution in [0.5, 0.6) is 0 Å². The van der Waals surface area contributed by atoms with Gasteiger partial charge in [-0.3, -0.25) is 0 Å². The predicted molar refractivity (Wildman–Crippen MR) is 114 cm³/mol. The molecule has 0 aliphatic carbocycles. The zero-order valence-electron chi connectivity index (χ0n) is 18.9. The molecule has 186 valence electrons. The van der Waals surface area contributed by atoms with Crippen LogP contribution in [0, 0.1) is 0 Å². The number of aliphatic carboxylic acids is 2. The van der Waals surface area contributed by atoms with Crippen LogP contribution < -0.4 is 5.32 Å². The van der Waals surface area contributed by atoms with Crippen molar-refractivity contribution in [1.29, 1.82) is 0 Å². The van der Waals surface area contributed by atoms with Crippen LogP contribution in [0.2, 0.25) is 0 Å². The van der Waals surface area contributed by atoms with Gasteiger partial charge in [0.05, 0.1) is 17.3 Å². The van der Waals surface area contributed by atoms with Crippen LogP contribution in [-0.2, 0) is 30.7 Å². The summed E-state index contributed by atoms with van der Waals surface area (Å²) in [5.41, 5.74) is -0.461. The van der Waals surface area contributed by atoms with Crippen molar-refractivity contribution in [3.8, 4) is 0 Å². The molecule has 1 aromatic carbocycles. The molecule has 0 aromatic heterocycles. The van der Waals surface area contributed by atoms with Crippen molar-refractivity contribution in [2.75, 3.05) is 26.3 Å². The van der Waals surface area contributed by atoms with Gasteiger partial charge in [-0.2, -0.15) is 13.2 Å². The van der Waals surface area contributed by atoms with E-state index in [2.05, 4.69) is 5.32 Å². The number of nitrogens with one attached hydrogen (secondary N) is 1. The van der Waals surface area contributed by atoms with Gasteiger partial charge >= 0.3 is 18.1 Å². The molecule has 3 rings (SSSR count). The predicted octanol–water partition coefficient (Wildman–Crippen LogP) is 3.85. The second-order valence-corrected chi connectivity index (χ2v) is 9.09. The van der Waals surface area contributed by atoms with Crippen molar-refractivity contribution in [3.63, 3.8) is 0 Å². The van der Waals surface area contributed by atoms with Gasteiger partial charge in [-0.1, -0.05) is 18.2 Å². The molecular formula is C23H32F3NO6. The summed E-state index contributed by atoms with van der Waals surface area (Å²) in [6, 6.07) is 5.86. The van der Waals surface area contributed by atoms with E-state index >= 15 is 0 Å². The third-order valence-electron chi connectivity index (χ3n) is 6.00. The number of hydrogen-bond donors (Lipinski definition) is 3. The number of halogens is 3. The molecule has 2 heterocycles. The largest absolute Gasteiger partial charge is 0.473 e. The lowest BCUT2D eigenvalue weighted by atomic mass is 9.67. The van der Waals surface area contributed by atoms with E-state index in [-0.39, 0.29) is 17.1 Å². The molecule has 0 amide bonds. The minimum absolute atomic E-state index is 0.264. The summed E-state index contributed by atoms with van der Waals surface area (Å²) in [4.78, 5) is 18.2. The average Bonchev–Trinajstić information content (AvgIpc) is 3.24. The molecule has 1 aromatic rings. The van der Waals surface area contributed by atoms with Crippen LogP contribution in [0.4, 0.5) is 13.2 Å². The van der Waals surface area contributed by atoms with Crippen LogP contribution in [-0.4, -0.2) is 60.2 Å². The van der Waals surface area contributed by atoms with Crippen molar-refractivity contribution < 1.29 is 42.4 Å². The molecular weight excluding hydrogens is 443 g/mol. The fourth-order valence-corrected chi connectivity index (χ4v) is 4.50. The van der Waals surface area contributed by atoms with Crippen molar-refractivity contribution in [1.82, 2.24) is 5.32 Å². The SMILES string of the molecule is CC1(C)CC(CCNCC2CCCO2)(c2cccc(C(F)(F)F)c2)CCO1.O=C(O)C(=O)O. The Hall–Kier alpha value is -2.17. The van der Waals surface area contributed by atoms with Crippen molar-refractivity contribution in [3.05, 3.63) is 35.4 Å². The monoisotopic (exact) mass is 475 g/mol. The highest BCUT2D eigenvalue weighted by Crippen LogP contribution is 2.45. The quantitative estimate of drug-likeness (QED) is 0.424. The first kappa shape index (κ1) is 27.1. The van der Waals surface area contributed by atoms with Crippen LogP contribution in [0.3, 0.4) is 0 Å². The summed E-state index contributed by atoms with van der Waals surface area (Å²) in [6.07, 6.45) is 0.352. The fraction of sp³-hybridized carbons (Fsp3) is 0.652. The molecule has 2 unspecified atom stereocenters. The normalized spacial score (nSPS) is 24.6. The number of carboxylic acid groups (broad SMARTS) is 2. The Kier molecular flexibility index (Phi) is 9.28. The van der Waals surface area contributed by atoms with Gasteiger partial charge in [0.15, 0.2) is 0 Å². The van der Waals surface area contributed by atoms with Crippen LogP contribution in [0.25, 0.3) is 0 Å². The summed E-state index contributed by atoms with van der Waals surface area (Å²) in [7, 11) is 0. The molecule has 3 N–H and O–H groups in total. The Balaban J connectivity index is 0.000000569. The van der Waals surface area contributed by atoms with Crippen LogP contribution in [0.15, 0.2) is 24.3 Å². The molecule has 2 aliphatic heterocycles. The van der Waals surface area contributed by atoms with E-state index in [9.17, 15) is 13.2 Å². The second-order valence-electron chi connectivity index (χ2n) is 9.09. The Morgan fingerprint density at radius 3 is 2.42 bits per heavy atom. The topological polar surface area (TPSA) is 105 Å². The molecule has 0 bridgehead atoms. The first-order valence-corrected chi connectivity index (χ1v) is 10.9. The van der Waals surface area contributed by atoms with Crippen molar-refractivity contribution in [2.24, 2.45) is 0 Å². The molecule has 7 nitrogen and oxygen atoms in total. The lowest BCUT2D eigenvalue weighted by Gasteiger charge is -2.46. The number of alkyl halides is 3. The Bertz CT molecular complexity index is 796. The molecule has 2 atom stereocenters. The molecule has 2 saturated heterocycles. The lowest BCUT2D eigenvalue weighted by molar-refractivity contribution is -0.159. The van der Waals surface area contributed by atoms with E-state index in [1.165, 1.54) is 12.1 Å². The third kappa shape index (κ3) is 8.28. The first-order valence-electron chi connectivity index (χ1n) is 10.9. The summed E-state index contributed by atoms with van der Waals surface area (Å²) < 4.78 is 51.2. The summed E-state index contributed by atoms with van der Waals surface area (Å²) in [5.74, 6) is -3.65. The number of rotatable bonds is 6. The number of carbonyl (C=O) groups is 2. The molecule has 0 saturated carbocycles. The van der Waals surface area contributed by atoms with Gasteiger partial charge in [0.25, 0.3) is 0 Å². The van der Waals surface area contributed by atoms with E-state index in [0.717, 1.165) is 57.0 Å². The Morgan fingerprint density at radius 2 is 1.88 bits per heavy atom. The number of ether oxygens (including phenoxy) is 2. The smallest absolute Gasteiger partial charge is 0.416 e. The molecule has 2 aliphatic rings. The zero-order chi connectivity index (χ0) is 24.7. The van der Waals surface area contributed by atoms with Crippen molar-refractivity contribution in [2.45, 2.75) is 69.2 Å². The Morgan fingerprint density at radius 1 is 1.18 bits per heavy atom. The summed E-state index contributed by atoms with van der Waals surface area (Å²) in [6.45, 7) is 6.99. The minimum Gasteiger partial charge on any atom is -0.473 e. The number of benzene rings is 1. The van der Waals surface area contributed by atoms with Gasteiger partial charge in [0.1, 0.15) is 0 Å². The molecule has 33 heavy (non-hydrogen) atoms. The maximum absolute atomic E-state index is 13.2. The van der Waals surface area contributed by atoms with E-state index < -0.39 is 23.7 Å². The van der Waals surface area contributed by atoms with E-state index in [1.807, 2.05) is 19.9 Å². The highest BCUT2D eigenvalue weighted by Gasteiger charge is 2.42. The van der Waals surface area contributed by atoms with Gasteiger partial charge < -0.3 is 25.0 Å². The molecule has 0 spiro atoms. The molecule has 10 heteroatoms. The third-order valence-corrected chi connectivity index (χ3v) is 6.00. The Labute approximate surface area is 191 Å². The van der Waals surface area contributed by atoms with E-state index in [1.54, 1.807) is 0 Å². The fourth-order valence-electron chi connectivity index (χ4n) is 4.50. The maximum Gasteiger partial charge on any atom is 0.416 e. The van der Waals surface area contributed by atoms with Gasteiger partial charge in [0, 0.05) is 25.2 Å². The van der Waals surface area contributed by atoms with Gasteiger partial charge in [-0.15, -0.1) is 0 Å². The number of hydrogen-bond acceptors (Lipinski definition) is 5. The molecule has 0 radical (unpaired) electrons. The minimum atomic E-state index is -4.32. The van der Waals surface area contributed by atoms with Crippen LogP contribution >= 0.6 is 0 Å². The van der Waals surface area contributed by atoms with Gasteiger partial charge in [0.2, 0.25) is 0 Å². The molecule has 2 fully saturated rings. The summed E-state index contributed by atoms with van der Waals surface area (Å²) in [5, 5.41) is 18.2. The van der Waals surface area contributed by atoms with Gasteiger partial charge in [-0.05, 0) is 64.1 Å². The van der Waals surface area contributed by atoms with Gasteiger partial charge in [-0.25, -0.2) is 9.59 Å². The second kappa shape index (κ2) is 11.3. The summed E-state index contributed by atoms with van der Waals surface area (Å²) >= 11 is 0. The van der Waals surface area contributed by atoms with Crippen molar-refractivity contribution >= 4 is 11.9 Å². The zero-order valence-corrected chi connectivity index (χ0v) is 18.9. The van der Waals surface area contributed by atoms with E-state index in [0.29, 0.717) is 13.0 Å². The highest BCUT2D eigenvalue weighted by atomic mass is 19.4. The maximum atomic E-state index is 13.2.